The minimum Gasteiger partial charge on any atom is -0.324 e. The summed E-state index contributed by atoms with van der Waals surface area (Å²) >= 11 is 0. The summed E-state index contributed by atoms with van der Waals surface area (Å²) in [5.74, 6) is 0.435. The number of likely N-dealkylation sites (N-methyl/N-ethyl adjacent to an activating group) is 2. The zero-order valence-corrected chi connectivity index (χ0v) is 22.3. The van der Waals surface area contributed by atoms with Gasteiger partial charge in [-0.2, -0.15) is 0 Å². The molecule has 1 fully saturated rings. The van der Waals surface area contributed by atoms with Crippen LogP contribution in [0.4, 0.5) is 27.4 Å². The highest BCUT2D eigenvalue weighted by Crippen LogP contribution is 2.32. The molecular formula is C30H32FN7O. The molecule has 2 atom stereocenters. The van der Waals surface area contributed by atoms with E-state index in [2.05, 4.69) is 32.2 Å². The number of likely N-dealkylation sites (tertiary alicyclic amines) is 1. The molecule has 39 heavy (non-hydrogen) atoms. The van der Waals surface area contributed by atoms with Crippen LogP contribution in [0.5, 0.6) is 0 Å². The Morgan fingerprint density at radius 2 is 1.90 bits per heavy atom. The van der Waals surface area contributed by atoms with Crippen LogP contribution in [0, 0.1) is 6.92 Å². The first kappa shape index (κ1) is 26.4. The Balaban J connectivity index is 1.34. The number of carbonyl (C=O) groups excluding carboxylic acids is 1. The van der Waals surface area contributed by atoms with Crippen LogP contribution in [0.15, 0.2) is 79.3 Å². The highest BCUT2D eigenvalue weighted by Gasteiger charge is 2.29. The number of hydrogen-bond acceptors (Lipinski definition) is 7. The van der Waals surface area contributed by atoms with Gasteiger partial charge in [-0.05, 0) is 82.0 Å². The first-order chi connectivity index (χ1) is 18.9. The fourth-order valence-corrected chi connectivity index (χ4v) is 4.84. The van der Waals surface area contributed by atoms with Gasteiger partial charge in [0.1, 0.15) is 0 Å². The Labute approximate surface area is 228 Å². The maximum atomic E-state index is 15.3. The standard InChI is InChI=1S/C30H32FN7O/c1-21-6-9-25(17-28(21)35-30-33-15-12-27(34-30)23-5-4-14-32-18-23)38(20-39)24-10-7-22(8-11-24)29(31)37(3)26-13-16-36(2)19-26/h4-12,14-15,17-18,20,26,29H,13,16,19H2,1-3H3,(H,33,34,35). The lowest BCUT2D eigenvalue weighted by molar-refractivity contribution is -0.106. The van der Waals surface area contributed by atoms with Gasteiger partial charge in [0.25, 0.3) is 0 Å². The van der Waals surface area contributed by atoms with Gasteiger partial charge in [-0.3, -0.25) is 19.6 Å². The van der Waals surface area contributed by atoms with E-state index in [1.165, 1.54) is 4.90 Å². The predicted molar refractivity (Wildman–Crippen MR) is 152 cm³/mol. The van der Waals surface area contributed by atoms with E-state index < -0.39 is 6.30 Å². The second kappa shape index (κ2) is 11.7. The van der Waals surface area contributed by atoms with Crippen molar-refractivity contribution >= 4 is 29.4 Å². The van der Waals surface area contributed by atoms with Crippen LogP contribution in [0.1, 0.15) is 23.8 Å². The molecule has 1 N–H and O–H groups in total. The van der Waals surface area contributed by atoms with Crippen LogP contribution in [-0.4, -0.2) is 64.4 Å². The molecule has 1 aliphatic heterocycles. The maximum Gasteiger partial charge on any atom is 0.227 e. The van der Waals surface area contributed by atoms with Crippen molar-refractivity contribution < 1.29 is 9.18 Å². The molecule has 1 amide bonds. The Kier molecular flexibility index (Phi) is 7.90. The van der Waals surface area contributed by atoms with Crippen LogP contribution < -0.4 is 10.2 Å². The van der Waals surface area contributed by atoms with Crippen LogP contribution in [0.3, 0.4) is 0 Å². The molecule has 0 saturated carbocycles. The lowest BCUT2D eigenvalue weighted by atomic mass is 10.1. The zero-order chi connectivity index (χ0) is 27.4. The molecule has 2 aromatic heterocycles. The minimum atomic E-state index is -1.21. The van der Waals surface area contributed by atoms with Gasteiger partial charge in [-0.15, -0.1) is 0 Å². The summed E-state index contributed by atoms with van der Waals surface area (Å²) in [6, 6.07) is 18.5. The number of pyridine rings is 1. The van der Waals surface area contributed by atoms with E-state index in [9.17, 15) is 4.79 Å². The smallest absolute Gasteiger partial charge is 0.227 e. The maximum absolute atomic E-state index is 15.3. The summed E-state index contributed by atoms with van der Waals surface area (Å²) in [7, 11) is 3.89. The number of nitrogens with one attached hydrogen (secondary N) is 1. The summed E-state index contributed by atoms with van der Waals surface area (Å²) in [6.07, 6.45) is 5.66. The lowest BCUT2D eigenvalue weighted by Crippen LogP contribution is -2.35. The summed E-state index contributed by atoms with van der Waals surface area (Å²) in [4.78, 5) is 30.9. The van der Waals surface area contributed by atoms with Crippen molar-refractivity contribution in [3.63, 3.8) is 0 Å². The van der Waals surface area contributed by atoms with Gasteiger partial charge in [-0.1, -0.05) is 18.2 Å². The molecule has 5 rings (SSSR count). The van der Waals surface area contributed by atoms with Crippen molar-refractivity contribution in [1.29, 1.82) is 0 Å². The highest BCUT2D eigenvalue weighted by molar-refractivity contribution is 5.88. The number of rotatable bonds is 9. The number of halogens is 1. The predicted octanol–water partition coefficient (Wildman–Crippen LogP) is 5.49. The van der Waals surface area contributed by atoms with E-state index in [4.69, 9.17) is 0 Å². The molecule has 0 spiro atoms. The third-order valence-electron chi connectivity index (χ3n) is 7.21. The van der Waals surface area contributed by atoms with Crippen LogP contribution in [0.2, 0.25) is 0 Å². The molecule has 9 heteroatoms. The van der Waals surface area contributed by atoms with E-state index in [-0.39, 0.29) is 6.04 Å². The fraction of sp³-hybridized carbons (Fsp3) is 0.267. The first-order valence-corrected chi connectivity index (χ1v) is 12.9. The van der Waals surface area contributed by atoms with Gasteiger partial charge in [0.2, 0.25) is 12.4 Å². The number of aryl methyl sites for hydroxylation is 1. The molecule has 2 aromatic carbocycles. The van der Waals surface area contributed by atoms with E-state index in [0.717, 1.165) is 48.4 Å². The van der Waals surface area contributed by atoms with Crippen molar-refractivity contribution in [3.05, 3.63) is 90.4 Å². The second-order valence-corrected chi connectivity index (χ2v) is 9.90. The number of aromatic nitrogens is 3. The minimum absolute atomic E-state index is 0.184. The summed E-state index contributed by atoms with van der Waals surface area (Å²) in [5, 5.41) is 3.28. The van der Waals surface area contributed by atoms with E-state index in [1.54, 1.807) is 47.8 Å². The van der Waals surface area contributed by atoms with Crippen molar-refractivity contribution in [2.24, 2.45) is 0 Å². The Morgan fingerprint density at radius 1 is 1.10 bits per heavy atom. The van der Waals surface area contributed by atoms with Crippen molar-refractivity contribution in [3.8, 4) is 11.3 Å². The van der Waals surface area contributed by atoms with Gasteiger partial charge in [0, 0.05) is 53.7 Å². The molecule has 1 saturated heterocycles. The normalized spacial score (nSPS) is 16.3. The third kappa shape index (κ3) is 5.94. The average molecular weight is 526 g/mol. The number of carbonyl (C=O) groups is 1. The van der Waals surface area contributed by atoms with Gasteiger partial charge < -0.3 is 10.2 Å². The summed E-state index contributed by atoms with van der Waals surface area (Å²) in [5.41, 5.74) is 5.26. The van der Waals surface area contributed by atoms with Crippen molar-refractivity contribution in [1.82, 2.24) is 24.8 Å². The van der Waals surface area contributed by atoms with Crippen LogP contribution in [-0.2, 0) is 4.79 Å². The molecule has 2 unspecified atom stereocenters. The molecule has 200 valence electrons. The molecule has 4 aromatic rings. The van der Waals surface area contributed by atoms with Crippen LogP contribution >= 0.6 is 0 Å². The summed E-state index contributed by atoms with van der Waals surface area (Å²) < 4.78 is 15.3. The topological polar surface area (TPSA) is 77.5 Å². The number of benzene rings is 2. The zero-order valence-electron chi connectivity index (χ0n) is 22.3. The molecule has 8 nitrogen and oxygen atoms in total. The second-order valence-electron chi connectivity index (χ2n) is 9.90. The van der Waals surface area contributed by atoms with Gasteiger partial charge >= 0.3 is 0 Å². The number of amides is 1. The Morgan fingerprint density at radius 3 is 2.59 bits per heavy atom. The van der Waals surface area contributed by atoms with E-state index in [1.807, 2.05) is 50.4 Å². The van der Waals surface area contributed by atoms with Gasteiger partial charge in [-0.25, -0.2) is 14.4 Å². The highest BCUT2D eigenvalue weighted by atomic mass is 19.1. The molecule has 3 heterocycles. The van der Waals surface area contributed by atoms with Crippen molar-refractivity contribution in [2.75, 3.05) is 37.4 Å². The fourth-order valence-electron chi connectivity index (χ4n) is 4.84. The number of alkyl halides is 1. The molecule has 0 bridgehead atoms. The summed E-state index contributed by atoms with van der Waals surface area (Å²) in [6.45, 7) is 3.80. The average Bonchev–Trinajstić information content (AvgIpc) is 3.41. The van der Waals surface area contributed by atoms with E-state index in [0.29, 0.717) is 22.9 Å². The van der Waals surface area contributed by atoms with Gasteiger partial charge in [0.15, 0.2) is 6.30 Å². The molecular weight excluding hydrogens is 493 g/mol. The molecule has 0 radical (unpaired) electrons. The molecule has 0 aliphatic carbocycles. The van der Waals surface area contributed by atoms with Gasteiger partial charge in [0.05, 0.1) is 11.4 Å². The van der Waals surface area contributed by atoms with E-state index >= 15 is 4.39 Å². The first-order valence-electron chi connectivity index (χ1n) is 12.9. The van der Waals surface area contributed by atoms with Crippen LogP contribution in [0.25, 0.3) is 11.3 Å². The number of nitrogens with zero attached hydrogens (tertiary/aromatic N) is 6. The lowest BCUT2D eigenvalue weighted by Gasteiger charge is -2.28. The Hall–Kier alpha value is -4.21. The monoisotopic (exact) mass is 525 g/mol. The SMILES string of the molecule is Cc1ccc(N(C=O)c2ccc(C(F)N(C)C3CCN(C)C3)cc2)cc1Nc1nccc(-c2cccnc2)n1. The Bertz CT molecular complexity index is 1420. The molecule has 1 aliphatic rings. The largest absolute Gasteiger partial charge is 0.324 e. The quantitative estimate of drug-likeness (QED) is 0.229. The number of anilines is 4. The van der Waals surface area contributed by atoms with Crippen molar-refractivity contribution in [2.45, 2.75) is 25.7 Å². The third-order valence-corrected chi connectivity index (χ3v) is 7.21. The number of hydrogen-bond donors (Lipinski definition) is 1.